The average molecular weight is 514 g/mol. The number of anilines is 1. The van der Waals surface area contributed by atoms with Crippen LogP contribution in [-0.2, 0) is 21.1 Å². The standard InChI is InChI=1S/C21H21F3N4O6S/c1-2-3-10-34-19(30)26-17-11-14(8-9-25-17)12-27-13-18(29)28(20(27)31)15-4-6-16(7-5-15)35(32,33)21(22,23)24/h4-9,11,13,29H,2-3,10,12H2,1H3,(H,25,26,30). The molecule has 0 aliphatic carbocycles. The second-order valence-electron chi connectivity index (χ2n) is 7.34. The number of nitrogens with zero attached hydrogens (tertiary/aromatic N) is 3. The van der Waals surface area contributed by atoms with Gasteiger partial charge in [-0.3, -0.25) is 9.88 Å². The van der Waals surface area contributed by atoms with Gasteiger partial charge in [0.2, 0.25) is 5.88 Å². The molecule has 2 N–H and O–H groups in total. The summed E-state index contributed by atoms with van der Waals surface area (Å²) in [6, 6.07) is 6.42. The van der Waals surface area contributed by atoms with Crippen LogP contribution in [0.2, 0.25) is 0 Å². The molecule has 0 saturated heterocycles. The van der Waals surface area contributed by atoms with Crippen LogP contribution < -0.4 is 11.0 Å². The maximum atomic E-state index is 12.8. The number of imidazole rings is 1. The van der Waals surface area contributed by atoms with Crippen molar-refractivity contribution in [1.29, 1.82) is 0 Å². The Morgan fingerprint density at radius 1 is 1.20 bits per heavy atom. The van der Waals surface area contributed by atoms with Gasteiger partial charge in [-0.1, -0.05) is 13.3 Å². The molecular formula is C21H21F3N4O6S. The molecule has 10 nitrogen and oxygen atoms in total. The molecule has 1 amide bonds. The zero-order chi connectivity index (χ0) is 25.8. The number of hydrogen-bond acceptors (Lipinski definition) is 7. The molecule has 0 bridgehead atoms. The molecule has 35 heavy (non-hydrogen) atoms. The minimum atomic E-state index is -5.55. The number of hydrogen-bond donors (Lipinski definition) is 2. The summed E-state index contributed by atoms with van der Waals surface area (Å²) in [7, 11) is -5.55. The van der Waals surface area contributed by atoms with Gasteiger partial charge in [-0.15, -0.1) is 0 Å². The third-order valence-electron chi connectivity index (χ3n) is 4.79. The first-order valence-electron chi connectivity index (χ1n) is 10.3. The minimum absolute atomic E-state index is 0.0397. The Morgan fingerprint density at radius 3 is 2.51 bits per heavy atom. The molecular weight excluding hydrogens is 493 g/mol. The molecule has 188 valence electrons. The predicted octanol–water partition coefficient (Wildman–Crippen LogP) is 3.43. The number of unbranched alkanes of at least 4 members (excludes halogenated alkanes) is 1. The molecule has 3 aromatic rings. The van der Waals surface area contributed by atoms with E-state index < -0.39 is 37.9 Å². The van der Waals surface area contributed by atoms with Gasteiger partial charge in [0.15, 0.2) is 0 Å². The first kappa shape index (κ1) is 25.8. The van der Waals surface area contributed by atoms with Crippen LogP contribution in [0.1, 0.15) is 25.3 Å². The number of alkyl halides is 3. The second-order valence-corrected chi connectivity index (χ2v) is 9.28. The highest BCUT2D eigenvalue weighted by Crippen LogP contribution is 2.30. The van der Waals surface area contributed by atoms with Gasteiger partial charge in [0.25, 0.3) is 9.84 Å². The lowest BCUT2D eigenvalue weighted by Gasteiger charge is -2.09. The number of amides is 1. The number of rotatable bonds is 8. The Kier molecular flexibility index (Phi) is 7.53. The quantitative estimate of drug-likeness (QED) is 0.440. The van der Waals surface area contributed by atoms with E-state index in [1.165, 1.54) is 12.3 Å². The highest BCUT2D eigenvalue weighted by Gasteiger charge is 2.46. The van der Waals surface area contributed by atoms with Crippen molar-refractivity contribution < 1.29 is 36.2 Å². The summed E-state index contributed by atoms with van der Waals surface area (Å²) >= 11 is 0. The molecule has 0 unspecified atom stereocenters. The lowest BCUT2D eigenvalue weighted by Crippen LogP contribution is -2.24. The summed E-state index contributed by atoms with van der Waals surface area (Å²) < 4.78 is 68.1. The Labute approximate surface area is 197 Å². The summed E-state index contributed by atoms with van der Waals surface area (Å²) in [5, 5.41) is 12.7. The fraction of sp³-hybridized carbons (Fsp3) is 0.286. The first-order valence-corrected chi connectivity index (χ1v) is 11.7. The van der Waals surface area contributed by atoms with Crippen molar-refractivity contribution in [3.8, 4) is 11.6 Å². The number of pyridine rings is 1. The third-order valence-corrected chi connectivity index (χ3v) is 6.29. The minimum Gasteiger partial charge on any atom is -0.493 e. The summed E-state index contributed by atoms with van der Waals surface area (Å²) in [6.07, 6.45) is 3.40. The zero-order valence-corrected chi connectivity index (χ0v) is 19.1. The van der Waals surface area contributed by atoms with Crippen molar-refractivity contribution in [3.05, 3.63) is 64.8 Å². The summed E-state index contributed by atoms with van der Waals surface area (Å²) in [4.78, 5) is 27.6. The number of benzene rings is 1. The SMILES string of the molecule is CCCCOC(=O)Nc1cc(Cn2cc(O)n(-c3ccc(S(=O)(=O)C(F)(F)F)cc3)c2=O)ccn1. The van der Waals surface area contributed by atoms with Gasteiger partial charge in [-0.25, -0.2) is 27.6 Å². The monoisotopic (exact) mass is 514 g/mol. The van der Waals surface area contributed by atoms with Crippen molar-refractivity contribution in [3.63, 3.8) is 0 Å². The van der Waals surface area contributed by atoms with Crippen molar-refractivity contribution >= 4 is 21.7 Å². The van der Waals surface area contributed by atoms with Crippen LogP contribution >= 0.6 is 0 Å². The second kappa shape index (κ2) is 10.2. The molecule has 2 heterocycles. The molecule has 1 aromatic carbocycles. The Morgan fingerprint density at radius 2 is 1.89 bits per heavy atom. The number of carbonyl (C=O) groups is 1. The summed E-state index contributed by atoms with van der Waals surface area (Å²) in [5.41, 5.74) is -5.71. The maximum absolute atomic E-state index is 12.8. The summed E-state index contributed by atoms with van der Waals surface area (Å²) in [6.45, 7) is 2.17. The summed E-state index contributed by atoms with van der Waals surface area (Å²) in [5.74, 6) is -0.338. The van der Waals surface area contributed by atoms with Crippen molar-refractivity contribution in [2.24, 2.45) is 0 Å². The Hall–Kier alpha value is -3.81. The van der Waals surface area contributed by atoms with E-state index in [-0.39, 0.29) is 24.7 Å². The van der Waals surface area contributed by atoms with Crippen LogP contribution in [0, 0.1) is 0 Å². The molecule has 0 saturated carbocycles. The Balaban J connectivity index is 1.80. The van der Waals surface area contributed by atoms with Gasteiger partial charge in [0, 0.05) is 6.20 Å². The van der Waals surface area contributed by atoms with E-state index in [2.05, 4.69) is 10.3 Å². The predicted molar refractivity (Wildman–Crippen MR) is 118 cm³/mol. The highest BCUT2D eigenvalue weighted by molar-refractivity contribution is 7.92. The van der Waals surface area contributed by atoms with Crippen molar-refractivity contribution in [2.45, 2.75) is 36.7 Å². The number of aromatic nitrogens is 3. The molecule has 0 radical (unpaired) electrons. The number of ether oxygens (including phenoxy) is 1. The molecule has 0 aliphatic heterocycles. The van der Waals surface area contributed by atoms with Gasteiger partial charge < -0.3 is 9.84 Å². The topological polar surface area (TPSA) is 133 Å². The molecule has 0 fully saturated rings. The molecule has 0 aliphatic rings. The lowest BCUT2D eigenvalue weighted by molar-refractivity contribution is -0.0436. The van der Waals surface area contributed by atoms with Crippen LogP contribution in [0.5, 0.6) is 5.88 Å². The first-order chi connectivity index (χ1) is 16.4. The number of nitrogens with one attached hydrogen (secondary N) is 1. The Bertz CT molecular complexity index is 1360. The van der Waals surface area contributed by atoms with E-state index >= 15 is 0 Å². The van der Waals surface area contributed by atoms with E-state index in [9.17, 15) is 36.3 Å². The number of halogens is 3. The van der Waals surface area contributed by atoms with E-state index in [0.717, 1.165) is 33.9 Å². The van der Waals surface area contributed by atoms with E-state index in [1.54, 1.807) is 6.07 Å². The zero-order valence-electron chi connectivity index (χ0n) is 18.3. The number of aromatic hydroxyl groups is 1. The van der Waals surface area contributed by atoms with Crippen molar-refractivity contribution in [1.82, 2.24) is 14.1 Å². The fourth-order valence-corrected chi connectivity index (χ4v) is 3.79. The average Bonchev–Trinajstić information content (AvgIpc) is 3.06. The molecule has 14 heteroatoms. The third kappa shape index (κ3) is 5.82. The van der Waals surface area contributed by atoms with Gasteiger partial charge in [-0.2, -0.15) is 13.2 Å². The van der Waals surface area contributed by atoms with Crippen LogP contribution in [0.4, 0.5) is 23.8 Å². The van der Waals surface area contributed by atoms with Gasteiger partial charge in [-0.05, 0) is 48.4 Å². The normalized spacial score (nSPS) is 11.9. The fourth-order valence-electron chi connectivity index (χ4n) is 3.03. The van der Waals surface area contributed by atoms with Crippen molar-refractivity contribution in [2.75, 3.05) is 11.9 Å². The van der Waals surface area contributed by atoms with Crippen LogP contribution in [0.25, 0.3) is 5.69 Å². The lowest BCUT2D eigenvalue weighted by atomic mass is 10.2. The molecule has 2 aromatic heterocycles. The smallest absolute Gasteiger partial charge is 0.493 e. The van der Waals surface area contributed by atoms with Crippen LogP contribution in [0.3, 0.4) is 0 Å². The number of carbonyl (C=O) groups excluding carboxylic acids is 1. The highest BCUT2D eigenvalue weighted by atomic mass is 32.2. The van der Waals surface area contributed by atoms with E-state index in [0.29, 0.717) is 24.1 Å². The largest absolute Gasteiger partial charge is 0.501 e. The molecule has 3 rings (SSSR count). The van der Waals surface area contributed by atoms with Gasteiger partial charge in [0.1, 0.15) is 5.82 Å². The molecule has 0 spiro atoms. The van der Waals surface area contributed by atoms with E-state index in [1.807, 2.05) is 6.92 Å². The van der Waals surface area contributed by atoms with Crippen LogP contribution in [0.15, 0.2) is 58.5 Å². The van der Waals surface area contributed by atoms with Gasteiger partial charge in [0.05, 0.1) is 29.9 Å². The van der Waals surface area contributed by atoms with E-state index in [4.69, 9.17) is 4.74 Å². The number of sulfone groups is 1. The van der Waals surface area contributed by atoms with Gasteiger partial charge >= 0.3 is 17.3 Å². The van der Waals surface area contributed by atoms with Crippen LogP contribution in [-0.4, -0.2) is 45.9 Å². The maximum Gasteiger partial charge on any atom is 0.501 e. The molecule has 0 atom stereocenters.